The Bertz CT molecular complexity index is 602. The lowest BCUT2D eigenvalue weighted by atomic mass is 9.80. The van der Waals surface area contributed by atoms with Crippen LogP contribution in [0.5, 0.6) is 0 Å². The smallest absolute Gasteiger partial charge is 0.230 e. The van der Waals surface area contributed by atoms with Crippen LogP contribution in [0.3, 0.4) is 0 Å². The van der Waals surface area contributed by atoms with Crippen molar-refractivity contribution in [1.29, 1.82) is 0 Å². The molecule has 1 amide bonds. The Morgan fingerprint density at radius 3 is 2.33 bits per heavy atom. The molecule has 5 nitrogen and oxygen atoms in total. The number of benzene rings is 1. The minimum Gasteiger partial charge on any atom is -0.326 e. The molecule has 0 aromatic heterocycles. The lowest BCUT2D eigenvalue weighted by Crippen LogP contribution is -2.42. The molecule has 0 atom stereocenters. The molecule has 1 aliphatic heterocycles. The van der Waals surface area contributed by atoms with Crippen molar-refractivity contribution in [1.82, 2.24) is 5.32 Å². The van der Waals surface area contributed by atoms with Crippen LogP contribution >= 0.6 is 0 Å². The zero-order valence-corrected chi connectivity index (χ0v) is 13.3. The van der Waals surface area contributed by atoms with Gasteiger partial charge in [0, 0.05) is 11.1 Å². The van der Waals surface area contributed by atoms with E-state index in [0.29, 0.717) is 5.69 Å². The Hall–Kier alpha value is -1.40. The number of anilines is 1. The van der Waals surface area contributed by atoms with Crippen LogP contribution in [0, 0.1) is 5.41 Å². The van der Waals surface area contributed by atoms with E-state index in [1.165, 1.54) is 0 Å². The molecule has 2 rings (SSSR count). The van der Waals surface area contributed by atoms with Crippen LogP contribution in [0.1, 0.15) is 26.7 Å². The topological polar surface area (TPSA) is 75.3 Å². The van der Waals surface area contributed by atoms with Gasteiger partial charge < -0.3 is 10.6 Å². The highest BCUT2D eigenvalue weighted by Gasteiger charge is 2.34. The number of carbonyl (C=O) groups is 1. The van der Waals surface area contributed by atoms with Gasteiger partial charge in [0.1, 0.15) is 0 Å². The van der Waals surface area contributed by atoms with Crippen LogP contribution in [-0.4, -0.2) is 33.2 Å². The summed E-state index contributed by atoms with van der Waals surface area (Å²) in [6.07, 6.45) is 1.61. The highest BCUT2D eigenvalue weighted by molar-refractivity contribution is 7.91. The normalized spacial score (nSPS) is 18.2. The number of amides is 1. The van der Waals surface area contributed by atoms with Crippen LogP contribution in [0.2, 0.25) is 0 Å². The molecule has 1 heterocycles. The van der Waals surface area contributed by atoms with Gasteiger partial charge in [0.05, 0.1) is 10.6 Å². The Balaban J connectivity index is 2.08. The molecule has 21 heavy (non-hydrogen) atoms. The molecule has 1 fully saturated rings. The first kappa shape index (κ1) is 16.0. The second-order valence-electron chi connectivity index (χ2n) is 5.69. The summed E-state index contributed by atoms with van der Waals surface area (Å²) in [5.74, 6) is 0.0687. The molecule has 1 aliphatic rings. The Labute approximate surface area is 126 Å². The van der Waals surface area contributed by atoms with Crippen molar-refractivity contribution in [3.63, 3.8) is 0 Å². The third-order valence-corrected chi connectivity index (χ3v) is 5.86. The number of hydrogen-bond donors (Lipinski definition) is 2. The highest BCUT2D eigenvalue weighted by atomic mass is 32.2. The number of sulfone groups is 1. The van der Waals surface area contributed by atoms with Gasteiger partial charge in [-0.1, -0.05) is 13.8 Å². The minimum absolute atomic E-state index is 0.00454. The van der Waals surface area contributed by atoms with Gasteiger partial charge in [-0.05, 0) is 50.2 Å². The molecule has 0 radical (unpaired) electrons. The van der Waals surface area contributed by atoms with Crippen molar-refractivity contribution in [2.45, 2.75) is 31.6 Å². The van der Waals surface area contributed by atoms with E-state index in [0.717, 1.165) is 25.9 Å². The van der Waals surface area contributed by atoms with Gasteiger partial charge in [0.2, 0.25) is 5.91 Å². The molecule has 1 saturated heterocycles. The van der Waals surface area contributed by atoms with Crippen LogP contribution in [-0.2, 0) is 14.6 Å². The summed E-state index contributed by atoms with van der Waals surface area (Å²) < 4.78 is 23.5. The molecule has 0 unspecified atom stereocenters. The summed E-state index contributed by atoms with van der Waals surface area (Å²) in [6, 6.07) is 6.37. The van der Waals surface area contributed by atoms with Crippen molar-refractivity contribution in [3.05, 3.63) is 24.3 Å². The third kappa shape index (κ3) is 3.63. The maximum atomic E-state index is 12.4. The second-order valence-corrected chi connectivity index (χ2v) is 7.97. The van der Waals surface area contributed by atoms with Crippen LogP contribution in [0.15, 0.2) is 29.2 Å². The average molecular weight is 310 g/mol. The first-order chi connectivity index (χ1) is 9.87. The molecule has 0 aliphatic carbocycles. The van der Waals surface area contributed by atoms with E-state index in [-0.39, 0.29) is 22.0 Å². The van der Waals surface area contributed by atoms with Crippen molar-refractivity contribution >= 4 is 21.4 Å². The number of rotatable bonds is 4. The van der Waals surface area contributed by atoms with Gasteiger partial charge in [0.15, 0.2) is 9.84 Å². The number of piperidine rings is 1. The van der Waals surface area contributed by atoms with Crippen molar-refractivity contribution in [3.8, 4) is 0 Å². The minimum atomic E-state index is -3.20. The fourth-order valence-electron chi connectivity index (χ4n) is 2.40. The fraction of sp³-hybridized carbons (Fsp3) is 0.533. The average Bonchev–Trinajstić information content (AvgIpc) is 2.48. The van der Waals surface area contributed by atoms with E-state index in [1.54, 1.807) is 31.2 Å². The Kier molecular flexibility index (Phi) is 4.68. The highest BCUT2D eigenvalue weighted by Crippen LogP contribution is 2.29. The maximum Gasteiger partial charge on any atom is 0.230 e. The van der Waals surface area contributed by atoms with Crippen molar-refractivity contribution in [2.75, 3.05) is 24.2 Å². The quantitative estimate of drug-likeness (QED) is 0.889. The van der Waals surface area contributed by atoms with Gasteiger partial charge in [0.25, 0.3) is 0 Å². The van der Waals surface area contributed by atoms with Gasteiger partial charge in [-0.25, -0.2) is 8.42 Å². The van der Waals surface area contributed by atoms with E-state index in [4.69, 9.17) is 0 Å². The maximum absolute atomic E-state index is 12.4. The van der Waals surface area contributed by atoms with Crippen molar-refractivity contribution in [2.24, 2.45) is 5.41 Å². The lowest BCUT2D eigenvalue weighted by molar-refractivity contribution is -0.126. The number of nitrogens with one attached hydrogen (secondary N) is 2. The molecular weight excluding hydrogens is 288 g/mol. The first-order valence-corrected chi connectivity index (χ1v) is 8.88. The number of hydrogen-bond acceptors (Lipinski definition) is 4. The SMILES string of the molecule is CCS(=O)(=O)c1ccc(NC(=O)C2(C)CCNCC2)cc1. The zero-order valence-electron chi connectivity index (χ0n) is 12.5. The molecule has 116 valence electrons. The molecule has 0 saturated carbocycles. The Morgan fingerprint density at radius 1 is 1.24 bits per heavy atom. The van der Waals surface area contributed by atoms with Crippen LogP contribution in [0.4, 0.5) is 5.69 Å². The molecule has 6 heteroatoms. The molecule has 1 aromatic rings. The molecule has 0 bridgehead atoms. The molecule has 2 N–H and O–H groups in total. The monoisotopic (exact) mass is 310 g/mol. The summed E-state index contributed by atoms with van der Waals surface area (Å²) in [6.45, 7) is 5.28. The van der Waals surface area contributed by atoms with Crippen LogP contribution in [0.25, 0.3) is 0 Å². The standard InChI is InChI=1S/C15H22N2O3S/c1-3-21(19,20)13-6-4-12(5-7-13)17-14(18)15(2)8-10-16-11-9-15/h4-7,16H,3,8-11H2,1-2H3,(H,17,18). The van der Waals surface area contributed by atoms with E-state index in [1.807, 2.05) is 6.92 Å². The summed E-state index contributed by atoms with van der Waals surface area (Å²) in [5, 5.41) is 6.13. The van der Waals surface area contributed by atoms with E-state index < -0.39 is 9.84 Å². The summed E-state index contributed by atoms with van der Waals surface area (Å²) in [5.41, 5.74) is 0.272. The van der Waals surface area contributed by atoms with Gasteiger partial charge in [-0.3, -0.25) is 4.79 Å². The van der Waals surface area contributed by atoms with E-state index >= 15 is 0 Å². The lowest BCUT2D eigenvalue weighted by Gasteiger charge is -2.32. The largest absolute Gasteiger partial charge is 0.326 e. The van der Waals surface area contributed by atoms with E-state index in [9.17, 15) is 13.2 Å². The molecule has 1 aromatic carbocycles. The predicted molar refractivity (Wildman–Crippen MR) is 83.0 cm³/mol. The Morgan fingerprint density at radius 2 is 1.81 bits per heavy atom. The van der Waals surface area contributed by atoms with Crippen LogP contribution < -0.4 is 10.6 Å². The van der Waals surface area contributed by atoms with Gasteiger partial charge in [-0.15, -0.1) is 0 Å². The number of carbonyl (C=O) groups excluding carboxylic acids is 1. The summed E-state index contributed by atoms with van der Waals surface area (Å²) in [4.78, 5) is 12.7. The summed E-state index contributed by atoms with van der Waals surface area (Å²) >= 11 is 0. The van der Waals surface area contributed by atoms with Gasteiger partial charge in [-0.2, -0.15) is 0 Å². The van der Waals surface area contributed by atoms with Gasteiger partial charge >= 0.3 is 0 Å². The molecular formula is C15H22N2O3S. The predicted octanol–water partition coefficient (Wildman–Crippen LogP) is 1.81. The summed E-state index contributed by atoms with van der Waals surface area (Å²) in [7, 11) is -3.20. The second kappa shape index (κ2) is 6.15. The molecule has 0 spiro atoms. The van der Waals surface area contributed by atoms with E-state index in [2.05, 4.69) is 10.6 Å². The van der Waals surface area contributed by atoms with Crippen molar-refractivity contribution < 1.29 is 13.2 Å². The third-order valence-electron chi connectivity index (χ3n) is 4.11. The fourth-order valence-corrected chi connectivity index (χ4v) is 3.28. The first-order valence-electron chi connectivity index (χ1n) is 7.22. The zero-order chi connectivity index (χ0) is 15.5.